The number of nitrogens with zero attached hydrogens (tertiary/aromatic N) is 5. The van der Waals surface area contributed by atoms with Gasteiger partial charge >= 0.3 is 6.03 Å². The fourth-order valence-corrected chi connectivity index (χ4v) is 6.89. The smallest absolute Gasteiger partial charge is 0.320 e. The number of carbonyl (C=O) groups excluding carboxylic acids is 1. The highest BCUT2D eigenvalue weighted by molar-refractivity contribution is 7.85. The van der Waals surface area contributed by atoms with E-state index in [2.05, 4.69) is 39.5 Å². The Morgan fingerprint density at radius 2 is 1.82 bits per heavy atom. The monoisotopic (exact) mass is 720 g/mol. The number of likely N-dealkylation sites (tertiary alicyclic amines) is 1. The van der Waals surface area contributed by atoms with E-state index in [1.165, 1.54) is 10.9 Å². The van der Waals surface area contributed by atoms with Gasteiger partial charge in [-0.05, 0) is 81.7 Å². The summed E-state index contributed by atoms with van der Waals surface area (Å²) < 4.78 is 36.9. The quantitative estimate of drug-likeness (QED) is 0.115. The Kier molecular flexibility index (Phi) is 12.0. The number of nitrogens with two attached hydrogens (primary N) is 1. The molecular weight excluding hydrogens is 673 g/mol. The molecule has 6 N–H and O–H groups in total. The summed E-state index contributed by atoms with van der Waals surface area (Å²) in [6.07, 6.45) is 12.0. The van der Waals surface area contributed by atoms with E-state index in [1.54, 1.807) is 35.2 Å². The maximum Gasteiger partial charge on any atom is 0.320 e. The molecule has 4 atom stereocenters. The van der Waals surface area contributed by atoms with Gasteiger partial charge in [-0.2, -0.15) is 13.5 Å². The molecule has 1 unspecified atom stereocenters. The number of pyridine rings is 1. The second-order valence-electron chi connectivity index (χ2n) is 13.0. The number of rotatable bonds is 10. The summed E-state index contributed by atoms with van der Waals surface area (Å²) in [7, 11) is -3.56. The van der Waals surface area contributed by atoms with Crippen LogP contribution < -0.4 is 26.6 Å². The highest BCUT2D eigenvalue weighted by atomic mass is 32.2. The Morgan fingerprint density at radius 3 is 2.53 bits per heavy atom. The van der Waals surface area contributed by atoms with Crippen molar-refractivity contribution in [2.75, 3.05) is 12.9 Å². The molecule has 3 heterocycles. The highest BCUT2D eigenvalue weighted by Crippen LogP contribution is 2.38. The maximum absolute atomic E-state index is 13.4. The molecule has 2 amide bonds. The van der Waals surface area contributed by atoms with Crippen molar-refractivity contribution >= 4 is 33.6 Å². The summed E-state index contributed by atoms with van der Waals surface area (Å²) in [4.78, 5) is 20.0. The van der Waals surface area contributed by atoms with Crippen LogP contribution in [0.5, 0.6) is 5.75 Å². The van der Waals surface area contributed by atoms with E-state index >= 15 is 0 Å². The van der Waals surface area contributed by atoms with E-state index in [4.69, 9.17) is 25.5 Å². The van der Waals surface area contributed by atoms with E-state index < -0.39 is 16.1 Å². The van der Waals surface area contributed by atoms with Crippen LogP contribution in [0, 0.1) is 10.8 Å². The topological polar surface area (TPSA) is 206 Å². The number of urea groups is 1. The molecule has 1 fully saturated rings. The second kappa shape index (κ2) is 16.4. The standard InChI is InChI=1S/C35H48N10O5S/c1-5-25(36)19-33(40-26-20-39-43(21-26)17-18-49-51(4,47)48)42-35(46)41-30-14-15-31(29-12-7-6-11-28(29)30)50-27-13-16-32(37)44(22-27)34(38)45-23(2)9-8-10-24(45)3/h6-7,11-13,16,19-24,30-31,37-38H,5,8-10,14-15,17-18,36H2,1-4H3,(H2,40,41,42,46)/t23-,24+,30-,31?/m0/s1. The second-order valence-corrected chi connectivity index (χ2v) is 14.6. The van der Waals surface area contributed by atoms with Gasteiger partial charge in [0.15, 0.2) is 0 Å². The van der Waals surface area contributed by atoms with Crippen molar-refractivity contribution in [3.8, 4) is 5.75 Å². The first-order valence-corrected chi connectivity index (χ1v) is 19.0. The Morgan fingerprint density at radius 1 is 1.10 bits per heavy atom. The van der Waals surface area contributed by atoms with E-state index in [9.17, 15) is 13.2 Å². The number of hydrogen-bond donors (Lipinski definition) is 5. The van der Waals surface area contributed by atoms with Gasteiger partial charge in [-0.15, -0.1) is 0 Å². The van der Waals surface area contributed by atoms with Crippen molar-refractivity contribution in [2.45, 2.75) is 90.1 Å². The van der Waals surface area contributed by atoms with E-state index in [0.29, 0.717) is 36.4 Å². The minimum absolute atomic E-state index is 0.0752. The number of benzene rings is 1. The van der Waals surface area contributed by atoms with Gasteiger partial charge in [0, 0.05) is 17.8 Å². The van der Waals surface area contributed by atoms with Gasteiger partial charge in [0.25, 0.3) is 10.1 Å². The predicted octanol–water partition coefficient (Wildman–Crippen LogP) is 4.42. The zero-order chi connectivity index (χ0) is 36.7. The first-order chi connectivity index (χ1) is 24.3. The van der Waals surface area contributed by atoms with Gasteiger partial charge in [0.1, 0.15) is 28.9 Å². The zero-order valence-corrected chi connectivity index (χ0v) is 30.3. The van der Waals surface area contributed by atoms with Crippen molar-refractivity contribution in [2.24, 2.45) is 10.7 Å². The average molecular weight is 721 g/mol. The number of ether oxygens (including phenoxy) is 1. The van der Waals surface area contributed by atoms with Crippen LogP contribution in [0.1, 0.15) is 82.6 Å². The molecule has 1 aliphatic heterocycles. The third kappa shape index (κ3) is 9.85. The summed E-state index contributed by atoms with van der Waals surface area (Å²) in [6.45, 7) is 6.27. The molecule has 2 aliphatic rings. The first-order valence-electron chi connectivity index (χ1n) is 17.2. The normalized spacial score (nSPS) is 21.1. The molecule has 3 aromatic rings. The van der Waals surface area contributed by atoms with Crippen LogP contribution in [0.2, 0.25) is 0 Å². The number of allylic oxidation sites excluding steroid dienone is 1. The third-order valence-corrected chi connectivity index (χ3v) is 9.66. The number of aromatic nitrogens is 3. The van der Waals surface area contributed by atoms with Crippen molar-refractivity contribution < 1.29 is 22.1 Å². The zero-order valence-electron chi connectivity index (χ0n) is 29.5. The Hall–Kier alpha value is -4.96. The van der Waals surface area contributed by atoms with E-state index in [1.807, 2.05) is 31.2 Å². The SMILES string of the molecule is CCC(N)=CC(=Nc1cnn(CCOS(C)(=O)=O)c1)NC(=O)N[C@H]1CCC(Oc2ccc(=N)n(C(=N)N3[C@H](C)CCC[C@@H]3C)c2)c2ccccc21. The number of carbonyl (C=O) groups is 1. The van der Waals surface area contributed by atoms with Gasteiger partial charge < -0.3 is 20.7 Å². The number of nitrogens with one attached hydrogen (secondary N) is 4. The fraction of sp³-hybridized carbons (Fsp3) is 0.457. The van der Waals surface area contributed by atoms with Gasteiger partial charge in [0.2, 0.25) is 5.96 Å². The lowest BCUT2D eigenvalue weighted by atomic mass is 9.85. The molecular formula is C35H48N10O5S. The Bertz CT molecular complexity index is 1940. The number of fused-ring (bicyclic) bond motifs is 1. The van der Waals surface area contributed by atoms with Crippen LogP contribution in [-0.2, 0) is 20.8 Å². The Labute approximate surface area is 298 Å². The van der Waals surface area contributed by atoms with Crippen molar-refractivity contribution in [3.63, 3.8) is 0 Å². The molecule has 0 bridgehead atoms. The molecule has 274 valence electrons. The van der Waals surface area contributed by atoms with Gasteiger partial charge in [-0.25, -0.2) is 9.79 Å². The van der Waals surface area contributed by atoms with Gasteiger partial charge in [0.05, 0.1) is 44.0 Å². The molecule has 0 spiro atoms. The van der Waals surface area contributed by atoms with Crippen LogP contribution in [0.15, 0.2) is 71.8 Å². The van der Waals surface area contributed by atoms with Crippen molar-refractivity contribution in [1.82, 2.24) is 29.9 Å². The van der Waals surface area contributed by atoms with Crippen molar-refractivity contribution in [1.29, 1.82) is 10.8 Å². The maximum atomic E-state index is 13.4. The Balaban J connectivity index is 1.28. The number of amidine groups is 1. The minimum atomic E-state index is -3.56. The molecule has 15 nitrogen and oxygen atoms in total. The lowest BCUT2D eigenvalue weighted by molar-refractivity contribution is 0.169. The molecule has 1 aliphatic carbocycles. The first kappa shape index (κ1) is 37.3. The lowest BCUT2D eigenvalue weighted by Crippen LogP contribution is -2.51. The van der Waals surface area contributed by atoms with E-state index in [0.717, 1.165) is 36.6 Å². The number of piperidine rings is 1. The van der Waals surface area contributed by atoms with Crippen LogP contribution in [0.3, 0.4) is 0 Å². The van der Waals surface area contributed by atoms with Crippen LogP contribution in [0.25, 0.3) is 0 Å². The molecule has 0 radical (unpaired) electrons. The minimum Gasteiger partial charge on any atom is -0.484 e. The largest absolute Gasteiger partial charge is 0.484 e. The predicted molar refractivity (Wildman–Crippen MR) is 194 cm³/mol. The molecule has 1 saturated heterocycles. The molecule has 5 rings (SSSR count). The number of hydrogen-bond acceptors (Lipinski definition) is 10. The highest BCUT2D eigenvalue weighted by Gasteiger charge is 2.31. The molecule has 1 aromatic carbocycles. The molecule has 0 saturated carbocycles. The van der Waals surface area contributed by atoms with Crippen LogP contribution in [0.4, 0.5) is 10.5 Å². The molecule has 2 aromatic heterocycles. The third-order valence-electron chi connectivity index (χ3n) is 9.07. The average Bonchev–Trinajstić information content (AvgIpc) is 3.52. The van der Waals surface area contributed by atoms with Gasteiger partial charge in [-0.3, -0.25) is 29.6 Å². The summed E-state index contributed by atoms with van der Waals surface area (Å²) in [5.41, 5.74) is 9.13. The number of amides is 2. The summed E-state index contributed by atoms with van der Waals surface area (Å²) in [6, 6.07) is 10.9. The van der Waals surface area contributed by atoms with E-state index in [-0.39, 0.29) is 54.7 Å². The number of aliphatic imine (C=N–C) groups is 1. The summed E-state index contributed by atoms with van der Waals surface area (Å²) >= 11 is 0. The lowest BCUT2D eigenvalue weighted by Gasteiger charge is -2.41. The van der Waals surface area contributed by atoms with Crippen LogP contribution >= 0.6 is 0 Å². The van der Waals surface area contributed by atoms with Crippen LogP contribution in [-0.4, -0.2) is 70.4 Å². The molecule has 16 heteroatoms. The fourth-order valence-electron chi connectivity index (χ4n) is 6.51. The summed E-state index contributed by atoms with van der Waals surface area (Å²) in [5.74, 6) is 1.05. The van der Waals surface area contributed by atoms with Crippen molar-refractivity contribution in [3.05, 3.63) is 83.4 Å². The summed E-state index contributed by atoms with van der Waals surface area (Å²) in [5, 5.41) is 27.6. The molecule has 51 heavy (non-hydrogen) atoms. The van der Waals surface area contributed by atoms with Gasteiger partial charge in [-0.1, -0.05) is 31.2 Å².